The van der Waals surface area contributed by atoms with E-state index < -0.39 is 0 Å². The van der Waals surface area contributed by atoms with E-state index in [0.29, 0.717) is 0 Å². The molecule has 0 radical (unpaired) electrons. The van der Waals surface area contributed by atoms with Crippen LogP contribution in [0.2, 0.25) is 0 Å². The number of aromatic nitrogens is 2. The summed E-state index contributed by atoms with van der Waals surface area (Å²) < 4.78 is 0. The number of hydrogen-bond donors (Lipinski definition) is 1. The minimum atomic E-state index is 1.00. The minimum Gasteiger partial charge on any atom is -0.349 e. The topological polar surface area (TPSA) is 28.7 Å². The lowest BCUT2D eigenvalue weighted by atomic mass is 10.2. The Labute approximate surface area is 75.3 Å². The van der Waals surface area contributed by atoms with Gasteiger partial charge in [0.25, 0.3) is 0 Å². The molecule has 0 aliphatic heterocycles. The molecule has 3 heteroatoms. The summed E-state index contributed by atoms with van der Waals surface area (Å²) in [6, 6.07) is 2.16. The quantitative estimate of drug-likeness (QED) is 0.767. The summed E-state index contributed by atoms with van der Waals surface area (Å²) in [7, 11) is 0. The Morgan fingerprint density at radius 1 is 1.42 bits per heavy atom. The summed E-state index contributed by atoms with van der Waals surface area (Å²) in [5, 5.41) is 4.29. The standard InChI is InChI=1S/C9H10N2S/c1(8-3-6-12-7-8)2-9-10-4-5-11-9/h3-7H,1-2H2,(H,10,11). The van der Waals surface area contributed by atoms with Gasteiger partial charge in [-0.25, -0.2) is 4.98 Å². The third-order valence-electron chi connectivity index (χ3n) is 1.79. The molecule has 0 bridgehead atoms. The number of aromatic amines is 1. The molecule has 0 saturated heterocycles. The van der Waals surface area contributed by atoms with E-state index in [9.17, 15) is 0 Å². The van der Waals surface area contributed by atoms with E-state index in [1.54, 1.807) is 17.5 Å². The SMILES string of the molecule is c1c[nH]c(CCc2ccsc2)n1. The fourth-order valence-electron chi connectivity index (χ4n) is 1.13. The lowest BCUT2D eigenvalue weighted by Gasteiger charge is -1.93. The maximum atomic E-state index is 4.16. The Morgan fingerprint density at radius 2 is 2.42 bits per heavy atom. The predicted octanol–water partition coefficient (Wildman–Crippen LogP) is 2.26. The average Bonchev–Trinajstić information content (AvgIpc) is 2.74. The van der Waals surface area contributed by atoms with Crippen molar-refractivity contribution in [2.24, 2.45) is 0 Å². The Morgan fingerprint density at radius 3 is 3.08 bits per heavy atom. The molecule has 0 spiro atoms. The van der Waals surface area contributed by atoms with Gasteiger partial charge in [0.2, 0.25) is 0 Å². The van der Waals surface area contributed by atoms with Crippen LogP contribution in [-0.2, 0) is 12.8 Å². The molecule has 2 aromatic rings. The maximum Gasteiger partial charge on any atom is 0.106 e. The van der Waals surface area contributed by atoms with Crippen molar-refractivity contribution in [1.29, 1.82) is 0 Å². The summed E-state index contributed by atoms with van der Waals surface area (Å²) in [6.45, 7) is 0. The summed E-state index contributed by atoms with van der Waals surface area (Å²) in [5.74, 6) is 1.07. The van der Waals surface area contributed by atoms with Crippen molar-refractivity contribution in [1.82, 2.24) is 9.97 Å². The van der Waals surface area contributed by atoms with E-state index in [1.807, 2.05) is 6.20 Å². The second-order valence-corrected chi connectivity index (χ2v) is 3.45. The molecular weight excluding hydrogens is 168 g/mol. The molecule has 0 aliphatic rings. The van der Waals surface area contributed by atoms with Gasteiger partial charge >= 0.3 is 0 Å². The summed E-state index contributed by atoms with van der Waals surface area (Å²) in [6.07, 6.45) is 5.74. The molecule has 0 atom stereocenters. The zero-order valence-corrected chi connectivity index (χ0v) is 7.47. The van der Waals surface area contributed by atoms with Gasteiger partial charge in [0.15, 0.2) is 0 Å². The first kappa shape index (κ1) is 7.55. The van der Waals surface area contributed by atoms with Gasteiger partial charge < -0.3 is 4.98 Å². The van der Waals surface area contributed by atoms with Gasteiger partial charge in [0.1, 0.15) is 5.82 Å². The van der Waals surface area contributed by atoms with Gasteiger partial charge in [0, 0.05) is 18.8 Å². The molecule has 12 heavy (non-hydrogen) atoms. The summed E-state index contributed by atoms with van der Waals surface area (Å²) in [4.78, 5) is 7.26. The van der Waals surface area contributed by atoms with Crippen molar-refractivity contribution < 1.29 is 0 Å². The van der Waals surface area contributed by atoms with Crippen LogP contribution in [0.25, 0.3) is 0 Å². The number of hydrogen-bond acceptors (Lipinski definition) is 2. The molecule has 0 unspecified atom stereocenters. The van der Waals surface area contributed by atoms with E-state index in [1.165, 1.54) is 5.56 Å². The highest BCUT2D eigenvalue weighted by Crippen LogP contribution is 2.08. The molecule has 1 N–H and O–H groups in total. The monoisotopic (exact) mass is 178 g/mol. The van der Waals surface area contributed by atoms with Gasteiger partial charge in [-0.1, -0.05) is 0 Å². The highest BCUT2D eigenvalue weighted by Gasteiger charge is 1.96. The Bertz CT molecular complexity index is 276. The molecule has 2 aromatic heterocycles. The molecule has 0 aromatic carbocycles. The lowest BCUT2D eigenvalue weighted by molar-refractivity contribution is 0.887. The minimum absolute atomic E-state index is 1.00. The van der Waals surface area contributed by atoms with Crippen molar-refractivity contribution in [3.8, 4) is 0 Å². The zero-order valence-electron chi connectivity index (χ0n) is 6.66. The smallest absolute Gasteiger partial charge is 0.106 e. The lowest BCUT2D eigenvalue weighted by Crippen LogP contribution is -1.91. The number of imidazole rings is 1. The van der Waals surface area contributed by atoms with Crippen LogP contribution in [0.4, 0.5) is 0 Å². The van der Waals surface area contributed by atoms with Crippen molar-refractivity contribution in [3.63, 3.8) is 0 Å². The average molecular weight is 178 g/mol. The van der Waals surface area contributed by atoms with Crippen molar-refractivity contribution in [2.75, 3.05) is 0 Å². The van der Waals surface area contributed by atoms with Gasteiger partial charge in [-0.3, -0.25) is 0 Å². The van der Waals surface area contributed by atoms with Gasteiger partial charge in [0.05, 0.1) is 0 Å². The number of nitrogens with one attached hydrogen (secondary N) is 1. The largest absolute Gasteiger partial charge is 0.349 e. The summed E-state index contributed by atoms with van der Waals surface area (Å²) >= 11 is 1.75. The fraction of sp³-hybridized carbons (Fsp3) is 0.222. The molecule has 0 aliphatic carbocycles. The normalized spacial score (nSPS) is 10.3. The van der Waals surface area contributed by atoms with Crippen LogP contribution in [0.1, 0.15) is 11.4 Å². The molecule has 2 heterocycles. The van der Waals surface area contributed by atoms with Crippen molar-refractivity contribution in [3.05, 3.63) is 40.6 Å². The number of aryl methyl sites for hydroxylation is 2. The molecule has 2 rings (SSSR count). The fourth-order valence-corrected chi connectivity index (χ4v) is 1.84. The highest BCUT2D eigenvalue weighted by molar-refractivity contribution is 7.07. The number of thiophene rings is 1. The van der Waals surface area contributed by atoms with Crippen LogP contribution >= 0.6 is 11.3 Å². The van der Waals surface area contributed by atoms with E-state index in [4.69, 9.17) is 0 Å². The molecule has 0 saturated carbocycles. The van der Waals surface area contributed by atoms with E-state index in [0.717, 1.165) is 18.7 Å². The molecule has 62 valence electrons. The van der Waals surface area contributed by atoms with E-state index in [-0.39, 0.29) is 0 Å². The Balaban J connectivity index is 1.91. The van der Waals surface area contributed by atoms with Crippen LogP contribution in [0.3, 0.4) is 0 Å². The molecule has 0 amide bonds. The van der Waals surface area contributed by atoms with Crippen molar-refractivity contribution >= 4 is 11.3 Å². The van der Waals surface area contributed by atoms with Gasteiger partial charge in [-0.2, -0.15) is 11.3 Å². The van der Waals surface area contributed by atoms with E-state index in [2.05, 4.69) is 26.8 Å². The highest BCUT2D eigenvalue weighted by atomic mass is 32.1. The van der Waals surface area contributed by atoms with E-state index >= 15 is 0 Å². The second kappa shape index (κ2) is 3.54. The third kappa shape index (κ3) is 1.74. The predicted molar refractivity (Wildman–Crippen MR) is 50.3 cm³/mol. The molecular formula is C9H10N2S. The summed E-state index contributed by atoms with van der Waals surface area (Å²) in [5.41, 5.74) is 1.40. The van der Waals surface area contributed by atoms with Crippen LogP contribution in [0, 0.1) is 0 Å². The Kier molecular flexibility index (Phi) is 2.23. The maximum absolute atomic E-state index is 4.16. The number of rotatable bonds is 3. The first-order valence-electron chi connectivity index (χ1n) is 3.94. The third-order valence-corrected chi connectivity index (χ3v) is 2.52. The van der Waals surface area contributed by atoms with Crippen LogP contribution in [0.15, 0.2) is 29.2 Å². The Hall–Kier alpha value is -1.09. The zero-order chi connectivity index (χ0) is 8.23. The van der Waals surface area contributed by atoms with Gasteiger partial charge in [-0.05, 0) is 28.8 Å². The van der Waals surface area contributed by atoms with Crippen LogP contribution in [0.5, 0.6) is 0 Å². The van der Waals surface area contributed by atoms with Gasteiger partial charge in [-0.15, -0.1) is 0 Å². The first-order chi connectivity index (χ1) is 5.95. The number of H-pyrrole nitrogens is 1. The van der Waals surface area contributed by atoms with Crippen LogP contribution < -0.4 is 0 Å². The molecule has 0 fully saturated rings. The second-order valence-electron chi connectivity index (χ2n) is 2.67. The number of nitrogens with zero attached hydrogens (tertiary/aromatic N) is 1. The first-order valence-corrected chi connectivity index (χ1v) is 4.89. The molecule has 2 nitrogen and oxygen atoms in total. The van der Waals surface area contributed by atoms with Crippen LogP contribution in [-0.4, -0.2) is 9.97 Å². The van der Waals surface area contributed by atoms with Crippen molar-refractivity contribution in [2.45, 2.75) is 12.8 Å².